The fourth-order valence-electron chi connectivity index (χ4n) is 2.11. The highest BCUT2D eigenvalue weighted by Gasteiger charge is 2.18. The first-order valence-electron chi connectivity index (χ1n) is 6.74. The SMILES string of the molecule is CCC(Cl)c1nc2ccccc2c(=O)n1CC(C)OC. The van der Waals surface area contributed by atoms with Crippen molar-refractivity contribution < 1.29 is 4.74 Å². The predicted octanol–water partition coefficient (Wildman–Crippen LogP) is 3.12. The normalized spacial score (nSPS) is 14.4. The van der Waals surface area contributed by atoms with Crippen LogP contribution in [0.3, 0.4) is 0 Å². The van der Waals surface area contributed by atoms with E-state index in [0.29, 0.717) is 29.7 Å². The molecular weight excluding hydrogens is 276 g/mol. The van der Waals surface area contributed by atoms with Gasteiger partial charge in [0, 0.05) is 7.11 Å². The highest BCUT2D eigenvalue weighted by Crippen LogP contribution is 2.23. The molecule has 0 aliphatic heterocycles. The van der Waals surface area contributed by atoms with Gasteiger partial charge in [-0.1, -0.05) is 19.1 Å². The molecule has 0 aliphatic rings. The maximum absolute atomic E-state index is 12.6. The number of hydrogen-bond acceptors (Lipinski definition) is 3. The van der Waals surface area contributed by atoms with Gasteiger partial charge >= 0.3 is 0 Å². The first-order valence-corrected chi connectivity index (χ1v) is 7.18. The molecule has 0 radical (unpaired) electrons. The number of para-hydroxylation sites is 1. The van der Waals surface area contributed by atoms with Crippen molar-refractivity contribution in [3.8, 4) is 0 Å². The zero-order valence-electron chi connectivity index (χ0n) is 12.0. The lowest BCUT2D eigenvalue weighted by molar-refractivity contribution is 0.101. The van der Waals surface area contributed by atoms with Crippen molar-refractivity contribution in [2.45, 2.75) is 38.3 Å². The van der Waals surface area contributed by atoms with Crippen LogP contribution in [-0.2, 0) is 11.3 Å². The van der Waals surface area contributed by atoms with E-state index in [1.165, 1.54) is 0 Å². The van der Waals surface area contributed by atoms with Gasteiger partial charge in [0.05, 0.1) is 28.9 Å². The molecule has 1 heterocycles. The molecule has 4 nitrogen and oxygen atoms in total. The minimum Gasteiger partial charge on any atom is -0.380 e. The number of nitrogens with zero attached hydrogens (tertiary/aromatic N) is 2. The van der Waals surface area contributed by atoms with E-state index in [1.54, 1.807) is 17.7 Å². The first kappa shape index (κ1) is 15.0. The molecule has 0 saturated carbocycles. The third kappa shape index (κ3) is 2.86. The van der Waals surface area contributed by atoms with Crippen LogP contribution in [0.2, 0.25) is 0 Å². The summed E-state index contributed by atoms with van der Waals surface area (Å²) in [4.78, 5) is 17.2. The first-order chi connectivity index (χ1) is 9.58. The maximum Gasteiger partial charge on any atom is 0.261 e. The summed E-state index contributed by atoms with van der Waals surface area (Å²) in [6.07, 6.45) is 0.642. The molecule has 20 heavy (non-hydrogen) atoms. The number of rotatable bonds is 5. The molecule has 0 spiro atoms. The third-order valence-corrected chi connectivity index (χ3v) is 3.88. The van der Waals surface area contributed by atoms with Gasteiger partial charge in [0.1, 0.15) is 5.82 Å². The van der Waals surface area contributed by atoms with Crippen LogP contribution in [0.1, 0.15) is 31.5 Å². The van der Waals surface area contributed by atoms with E-state index in [0.717, 1.165) is 0 Å². The van der Waals surface area contributed by atoms with Gasteiger partial charge in [-0.15, -0.1) is 11.6 Å². The van der Waals surface area contributed by atoms with E-state index in [4.69, 9.17) is 16.3 Å². The lowest BCUT2D eigenvalue weighted by atomic mass is 10.2. The van der Waals surface area contributed by atoms with Crippen molar-refractivity contribution in [3.63, 3.8) is 0 Å². The lowest BCUT2D eigenvalue weighted by Gasteiger charge is -2.18. The molecule has 2 unspecified atom stereocenters. The number of ether oxygens (including phenoxy) is 1. The molecule has 1 aromatic carbocycles. The van der Waals surface area contributed by atoms with Crippen molar-refractivity contribution >= 4 is 22.5 Å². The summed E-state index contributed by atoms with van der Waals surface area (Å²) in [6.45, 7) is 4.34. The Morgan fingerprint density at radius 2 is 2.10 bits per heavy atom. The second-order valence-electron chi connectivity index (χ2n) is 4.83. The number of aromatic nitrogens is 2. The number of methoxy groups -OCH3 is 1. The number of benzene rings is 1. The minimum atomic E-state index is -0.281. The second-order valence-corrected chi connectivity index (χ2v) is 5.35. The Bertz CT molecular complexity index is 654. The monoisotopic (exact) mass is 294 g/mol. The van der Waals surface area contributed by atoms with Crippen molar-refractivity contribution in [2.24, 2.45) is 0 Å². The molecule has 1 aromatic heterocycles. The smallest absolute Gasteiger partial charge is 0.261 e. The molecule has 0 N–H and O–H groups in total. The molecule has 0 fully saturated rings. The average Bonchev–Trinajstić information content (AvgIpc) is 2.48. The molecule has 0 aliphatic carbocycles. The molecule has 5 heteroatoms. The molecule has 0 saturated heterocycles. The van der Waals surface area contributed by atoms with E-state index in [2.05, 4.69) is 4.98 Å². The van der Waals surface area contributed by atoms with Gasteiger partial charge in [-0.05, 0) is 25.5 Å². The summed E-state index contributed by atoms with van der Waals surface area (Å²) in [6, 6.07) is 7.34. The Hall–Kier alpha value is -1.39. The molecule has 0 bridgehead atoms. The van der Waals surface area contributed by atoms with Crippen LogP contribution in [0, 0.1) is 0 Å². The van der Waals surface area contributed by atoms with Gasteiger partial charge in [0.2, 0.25) is 0 Å². The van der Waals surface area contributed by atoms with Gasteiger partial charge in [0.25, 0.3) is 5.56 Å². The summed E-state index contributed by atoms with van der Waals surface area (Å²) in [5, 5.41) is 0.330. The van der Waals surface area contributed by atoms with Gasteiger partial charge in [-0.2, -0.15) is 0 Å². The molecule has 108 valence electrons. The quantitative estimate of drug-likeness (QED) is 0.796. The summed E-state index contributed by atoms with van der Waals surface area (Å²) in [5.41, 5.74) is 0.626. The molecule has 2 aromatic rings. The fraction of sp³-hybridized carbons (Fsp3) is 0.467. The van der Waals surface area contributed by atoms with Crippen molar-refractivity contribution in [3.05, 3.63) is 40.4 Å². The van der Waals surface area contributed by atoms with Gasteiger partial charge in [-0.3, -0.25) is 9.36 Å². The van der Waals surface area contributed by atoms with Crippen LogP contribution in [0.25, 0.3) is 10.9 Å². The molecular formula is C15H19ClN2O2. The topological polar surface area (TPSA) is 44.1 Å². The molecule has 2 rings (SSSR count). The Kier molecular flexibility index (Phi) is 4.78. The Balaban J connectivity index is 2.67. The van der Waals surface area contributed by atoms with Gasteiger partial charge < -0.3 is 4.74 Å². The summed E-state index contributed by atoms with van der Waals surface area (Å²) < 4.78 is 6.90. The van der Waals surface area contributed by atoms with Crippen molar-refractivity contribution in [1.82, 2.24) is 9.55 Å². The highest BCUT2D eigenvalue weighted by molar-refractivity contribution is 6.20. The van der Waals surface area contributed by atoms with Crippen LogP contribution in [0.5, 0.6) is 0 Å². The van der Waals surface area contributed by atoms with Gasteiger partial charge in [-0.25, -0.2) is 4.98 Å². The van der Waals surface area contributed by atoms with Crippen LogP contribution >= 0.6 is 11.6 Å². The minimum absolute atomic E-state index is 0.0615. The largest absolute Gasteiger partial charge is 0.380 e. The highest BCUT2D eigenvalue weighted by atomic mass is 35.5. The van der Waals surface area contributed by atoms with Crippen LogP contribution < -0.4 is 5.56 Å². The standard InChI is InChI=1S/C15H19ClN2O2/c1-4-12(16)14-17-13-8-6-5-7-11(13)15(19)18(14)9-10(2)20-3/h5-8,10,12H,4,9H2,1-3H3. The summed E-state index contributed by atoms with van der Waals surface area (Å²) in [5.74, 6) is 0.613. The van der Waals surface area contributed by atoms with Gasteiger partial charge in [0.15, 0.2) is 0 Å². The zero-order valence-corrected chi connectivity index (χ0v) is 12.7. The summed E-state index contributed by atoms with van der Waals surface area (Å²) >= 11 is 6.33. The number of fused-ring (bicyclic) bond motifs is 1. The van der Waals surface area contributed by atoms with E-state index >= 15 is 0 Å². The predicted molar refractivity (Wildman–Crippen MR) is 81.4 cm³/mol. The number of hydrogen-bond donors (Lipinski definition) is 0. The maximum atomic E-state index is 12.6. The summed E-state index contributed by atoms with van der Waals surface area (Å²) in [7, 11) is 1.63. The van der Waals surface area contributed by atoms with E-state index in [1.807, 2.05) is 32.0 Å². The number of alkyl halides is 1. The number of halogens is 1. The Labute approximate surface area is 123 Å². The van der Waals surface area contributed by atoms with Crippen LogP contribution in [-0.4, -0.2) is 22.8 Å². The average molecular weight is 295 g/mol. The second kappa shape index (κ2) is 6.37. The van der Waals surface area contributed by atoms with E-state index in [9.17, 15) is 4.79 Å². The Morgan fingerprint density at radius 1 is 1.40 bits per heavy atom. The van der Waals surface area contributed by atoms with E-state index < -0.39 is 0 Å². The van der Waals surface area contributed by atoms with Crippen LogP contribution in [0.15, 0.2) is 29.1 Å². The Morgan fingerprint density at radius 3 is 2.75 bits per heavy atom. The van der Waals surface area contributed by atoms with E-state index in [-0.39, 0.29) is 17.0 Å². The molecule has 0 amide bonds. The van der Waals surface area contributed by atoms with Crippen molar-refractivity contribution in [1.29, 1.82) is 0 Å². The lowest BCUT2D eigenvalue weighted by Crippen LogP contribution is -2.30. The third-order valence-electron chi connectivity index (χ3n) is 3.37. The fourth-order valence-corrected chi connectivity index (χ4v) is 2.28. The zero-order chi connectivity index (χ0) is 14.7. The van der Waals surface area contributed by atoms with Crippen molar-refractivity contribution in [2.75, 3.05) is 7.11 Å². The molecule has 2 atom stereocenters. The van der Waals surface area contributed by atoms with Crippen LogP contribution in [0.4, 0.5) is 0 Å².